The number of thiophene rings is 1. The van der Waals surface area contributed by atoms with E-state index in [1.165, 1.54) is 0 Å². The summed E-state index contributed by atoms with van der Waals surface area (Å²) < 4.78 is 24.2. The SMILES string of the molecule is C[C@@H](NS(C)(=O)=O)c1cccs1. The molecule has 68 valence electrons. The predicted molar refractivity (Wildman–Crippen MR) is 50.7 cm³/mol. The average Bonchev–Trinajstić information content (AvgIpc) is 2.32. The Hall–Kier alpha value is -0.390. The van der Waals surface area contributed by atoms with E-state index in [4.69, 9.17) is 0 Å². The number of hydrogen-bond acceptors (Lipinski definition) is 3. The van der Waals surface area contributed by atoms with Gasteiger partial charge in [-0.05, 0) is 18.4 Å². The molecule has 3 nitrogen and oxygen atoms in total. The third kappa shape index (κ3) is 2.92. The minimum absolute atomic E-state index is 0.125. The number of hydrogen-bond donors (Lipinski definition) is 1. The van der Waals surface area contributed by atoms with Gasteiger partial charge in [0.05, 0.1) is 12.3 Å². The van der Waals surface area contributed by atoms with Crippen LogP contribution in [0, 0.1) is 0 Å². The molecule has 12 heavy (non-hydrogen) atoms. The van der Waals surface area contributed by atoms with Crippen LogP contribution in [0.3, 0.4) is 0 Å². The first kappa shape index (κ1) is 9.70. The molecule has 1 heterocycles. The van der Waals surface area contributed by atoms with Crippen molar-refractivity contribution in [3.63, 3.8) is 0 Å². The molecule has 0 aromatic carbocycles. The van der Waals surface area contributed by atoms with E-state index in [1.807, 2.05) is 24.4 Å². The Morgan fingerprint density at radius 1 is 1.58 bits per heavy atom. The molecule has 1 atom stereocenters. The number of rotatable bonds is 3. The molecule has 0 saturated heterocycles. The van der Waals surface area contributed by atoms with E-state index in [-0.39, 0.29) is 6.04 Å². The molecule has 0 unspecified atom stereocenters. The minimum atomic E-state index is -3.09. The molecule has 5 heteroatoms. The van der Waals surface area contributed by atoms with Crippen molar-refractivity contribution in [3.8, 4) is 0 Å². The maximum atomic E-state index is 10.8. The van der Waals surface area contributed by atoms with Crippen molar-refractivity contribution in [1.82, 2.24) is 4.72 Å². The molecule has 0 aliphatic carbocycles. The van der Waals surface area contributed by atoms with E-state index < -0.39 is 10.0 Å². The Balaban J connectivity index is 2.68. The molecule has 0 spiro atoms. The second-order valence-electron chi connectivity index (χ2n) is 2.63. The summed E-state index contributed by atoms with van der Waals surface area (Å²) in [7, 11) is -3.09. The highest BCUT2D eigenvalue weighted by Crippen LogP contribution is 2.18. The lowest BCUT2D eigenvalue weighted by Crippen LogP contribution is -2.24. The molecule has 1 rings (SSSR count). The number of sulfonamides is 1. The summed E-state index contributed by atoms with van der Waals surface area (Å²) in [4.78, 5) is 1.03. The third-order valence-electron chi connectivity index (χ3n) is 1.36. The van der Waals surface area contributed by atoms with Crippen molar-refractivity contribution >= 4 is 21.4 Å². The lowest BCUT2D eigenvalue weighted by Gasteiger charge is -2.08. The summed E-state index contributed by atoms with van der Waals surface area (Å²) in [5, 5.41) is 1.93. The predicted octanol–water partition coefficient (Wildman–Crippen LogP) is 1.36. The van der Waals surface area contributed by atoms with Gasteiger partial charge in [0.15, 0.2) is 0 Å². The standard InChI is InChI=1S/C7H11NO2S2/c1-6(8-12(2,9)10)7-4-3-5-11-7/h3-6,8H,1-2H3/t6-/m1/s1. The summed E-state index contributed by atoms with van der Waals surface area (Å²) in [6.45, 7) is 1.83. The van der Waals surface area contributed by atoms with Crippen molar-refractivity contribution < 1.29 is 8.42 Å². The first-order valence-electron chi connectivity index (χ1n) is 3.50. The van der Waals surface area contributed by atoms with Crippen molar-refractivity contribution in [2.45, 2.75) is 13.0 Å². The molecule has 0 bridgehead atoms. The molecule has 0 aliphatic heterocycles. The maximum absolute atomic E-state index is 10.8. The molecule has 1 N–H and O–H groups in total. The van der Waals surface area contributed by atoms with Gasteiger partial charge in [-0.25, -0.2) is 13.1 Å². The van der Waals surface area contributed by atoms with E-state index in [0.29, 0.717) is 0 Å². The van der Waals surface area contributed by atoms with Gasteiger partial charge in [0.1, 0.15) is 0 Å². The van der Waals surface area contributed by atoms with E-state index in [1.54, 1.807) is 11.3 Å². The normalized spacial score (nSPS) is 14.5. The van der Waals surface area contributed by atoms with Crippen molar-refractivity contribution in [2.75, 3.05) is 6.26 Å². The zero-order chi connectivity index (χ0) is 9.19. The summed E-state index contributed by atoms with van der Waals surface area (Å²) >= 11 is 1.54. The van der Waals surface area contributed by atoms with Gasteiger partial charge < -0.3 is 0 Å². The van der Waals surface area contributed by atoms with E-state index in [9.17, 15) is 8.42 Å². The molecule has 0 radical (unpaired) electrons. The Morgan fingerprint density at radius 2 is 2.25 bits per heavy atom. The van der Waals surface area contributed by atoms with Crippen LogP contribution in [0.2, 0.25) is 0 Å². The van der Waals surface area contributed by atoms with Gasteiger partial charge in [-0.2, -0.15) is 0 Å². The molecular formula is C7H11NO2S2. The van der Waals surface area contributed by atoms with Crippen LogP contribution in [0.5, 0.6) is 0 Å². The van der Waals surface area contributed by atoms with Gasteiger partial charge in [-0.15, -0.1) is 11.3 Å². The molecule has 0 fully saturated rings. The second-order valence-corrected chi connectivity index (χ2v) is 5.39. The largest absolute Gasteiger partial charge is 0.213 e. The monoisotopic (exact) mass is 205 g/mol. The zero-order valence-electron chi connectivity index (χ0n) is 6.94. The minimum Gasteiger partial charge on any atom is -0.213 e. The molecule has 1 aromatic rings. The summed E-state index contributed by atoms with van der Waals surface area (Å²) in [5.74, 6) is 0. The summed E-state index contributed by atoms with van der Waals surface area (Å²) in [6.07, 6.45) is 1.16. The smallest absolute Gasteiger partial charge is 0.209 e. The van der Waals surface area contributed by atoms with Crippen LogP contribution in [-0.2, 0) is 10.0 Å². The third-order valence-corrected chi connectivity index (χ3v) is 3.20. The highest BCUT2D eigenvalue weighted by Gasteiger charge is 2.10. The van der Waals surface area contributed by atoms with Gasteiger partial charge >= 0.3 is 0 Å². The van der Waals surface area contributed by atoms with Crippen molar-refractivity contribution in [2.24, 2.45) is 0 Å². The van der Waals surface area contributed by atoms with Gasteiger partial charge in [0, 0.05) is 4.88 Å². The first-order chi connectivity index (χ1) is 5.49. The highest BCUT2D eigenvalue weighted by molar-refractivity contribution is 7.88. The van der Waals surface area contributed by atoms with Crippen LogP contribution in [-0.4, -0.2) is 14.7 Å². The van der Waals surface area contributed by atoms with Crippen LogP contribution in [0.1, 0.15) is 17.8 Å². The zero-order valence-corrected chi connectivity index (χ0v) is 8.58. The first-order valence-corrected chi connectivity index (χ1v) is 6.27. The Kier molecular flexibility index (Phi) is 2.87. The fraction of sp³-hybridized carbons (Fsp3) is 0.429. The summed E-state index contributed by atoms with van der Waals surface area (Å²) in [6, 6.07) is 3.69. The van der Waals surface area contributed by atoms with E-state index in [2.05, 4.69) is 4.72 Å². The molecule has 0 amide bonds. The molecule has 1 aromatic heterocycles. The highest BCUT2D eigenvalue weighted by atomic mass is 32.2. The van der Waals surface area contributed by atoms with Gasteiger partial charge in [0.25, 0.3) is 0 Å². The van der Waals surface area contributed by atoms with E-state index >= 15 is 0 Å². The number of nitrogens with one attached hydrogen (secondary N) is 1. The molecule has 0 saturated carbocycles. The van der Waals surface area contributed by atoms with Gasteiger partial charge in [0.2, 0.25) is 10.0 Å². The Bertz CT molecular complexity index is 328. The van der Waals surface area contributed by atoms with Crippen LogP contribution in [0.4, 0.5) is 0 Å². The van der Waals surface area contributed by atoms with Crippen LogP contribution >= 0.6 is 11.3 Å². The van der Waals surface area contributed by atoms with Crippen molar-refractivity contribution in [1.29, 1.82) is 0 Å². The quantitative estimate of drug-likeness (QED) is 0.810. The fourth-order valence-electron chi connectivity index (χ4n) is 0.917. The van der Waals surface area contributed by atoms with Gasteiger partial charge in [-0.3, -0.25) is 0 Å². The summed E-state index contributed by atoms with van der Waals surface area (Å²) in [5.41, 5.74) is 0. The van der Waals surface area contributed by atoms with Crippen LogP contribution in [0.25, 0.3) is 0 Å². The maximum Gasteiger partial charge on any atom is 0.209 e. The molecule has 0 aliphatic rings. The lowest BCUT2D eigenvalue weighted by atomic mass is 10.3. The van der Waals surface area contributed by atoms with Gasteiger partial charge in [-0.1, -0.05) is 6.07 Å². The Morgan fingerprint density at radius 3 is 2.67 bits per heavy atom. The lowest BCUT2D eigenvalue weighted by molar-refractivity contribution is 0.575. The van der Waals surface area contributed by atoms with Crippen molar-refractivity contribution in [3.05, 3.63) is 22.4 Å². The average molecular weight is 205 g/mol. The Labute approximate surface area is 76.5 Å². The fourth-order valence-corrected chi connectivity index (χ4v) is 2.50. The molecular weight excluding hydrogens is 194 g/mol. The second kappa shape index (κ2) is 3.55. The van der Waals surface area contributed by atoms with E-state index in [0.717, 1.165) is 11.1 Å². The van der Waals surface area contributed by atoms with Crippen LogP contribution < -0.4 is 4.72 Å². The van der Waals surface area contributed by atoms with Crippen LogP contribution in [0.15, 0.2) is 17.5 Å². The topological polar surface area (TPSA) is 46.2 Å².